The van der Waals surface area contributed by atoms with E-state index in [1.807, 2.05) is 0 Å². The molecule has 1 N–H and O–H groups in total. The second-order valence-corrected chi connectivity index (χ2v) is 3.58. The highest BCUT2D eigenvalue weighted by atomic mass is 16.3. The predicted octanol–water partition coefficient (Wildman–Crippen LogP) is 1.24. The van der Waals surface area contributed by atoms with Crippen LogP contribution < -0.4 is 0 Å². The Morgan fingerprint density at radius 1 is 1.18 bits per heavy atom. The molecule has 2 heterocycles. The van der Waals surface area contributed by atoms with E-state index < -0.39 is 0 Å². The Morgan fingerprint density at radius 2 is 1.73 bits per heavy atom. The van der Waals surface area contributed by atoms with E-state index in [0.29, 0.717) is 6.61 Å². The van der Waals surface area contributed by atoms with Crippen molar-refractivity contribution < 1.29 is 5.11 Å². The van der Waals surface area contributed by atoms with Crippen LogP contribution in [0, 0.1) is 0 Å². The van der Waals surface area contributed by atoms with Crippen molar-refractivity contribution in [1.29, 1.82) is 0 Å². The van der Waals surface area contributed by atoms with Crippen molar-refractivity contribution in [1.82, 2.24) is 4.90 Å². The Morgan fingerprint density at radius 3 is 2.09 bits per heavy atom. The van der Waals surface area contributed by atoms with Gasteiger partial charge in [0.05, 0.1) is 6.61 Å². The summed E-state index contributed by atoms with van der Waals surface area (Å²) >= 11 is 0. The molecule has 0 radical (unpaired) electrons. The maximum absolute atomic E-state index is 9.19. The van der Waals surface area contributed by atoms with Crippen molar-refractivity contribution in [2.24, 2.45) is 0 Å². The van der Waals surface area contributed by atoms with Crippen molar-refractivity contribution in [3.63, 3.8) is 0 Å². The lowest BCUT2D eigenvalue weighted by Crippen LogP contribution is -2.41. The van der Waals surface area contributed by atoms with E-state index in [0.717, 1.165) is 0 Å². The number of hydrogen-bond donors (Lipinski definition) is 1. The molecule has 0 spiro atoms. The van der Waals surface area contributed by atoms with E-state index in [2.05, 4.69) is 4.90 Å². The van der Waals surface area contributed by atoms with Gasteiger partial charge in [-0.05, 0) is 38.8 Å². The lowest BCUT2D eigenvalue weighted by Gasteiger charge is -2.29. The van der Waals surface area contributed by atoms with Gasteiger partial charge >= 0.3 is 0 Å². The van der Waals surface area contributed by atoms with Crippen LogP contribution in [-0.2, 0) is 0 Å². The molecule has 2 fully saturated rings. The molecule has 0 amide bonds. The first-order valence-corrected chi connectivity index (χ1v) is 4.23. The molecule has 0 unspecified atom stereocenters. The average molecular weight is 157 g/mol. The molecule has 0 bridgehead atoms. The first-order chi connectivity index (χ1) is 4.87. The van der Waals surface area contributed by atoms with Crippen LogP contribution in [0.3, 0.4) is 0 Å². The normalized spacial score (nSPS) is 28.1. The van der Waals surface area contributed by atoms with E-state index >= 15 is 0 Å². The summed E-state index contributed by atoms with van der Waals surface area (Å²) in [4.78, 5) is 2.47. The van der Waals surface area contributed by atoms with Gasteiger partial charge in [0.25, 0.3) is 0 Å². The van der Waals surface area contributed by atoms with Gasteiger partial charge in [-0.3, -0.25) is 4.90 Å². The molecule has 2 saturated heterocycles. The molecule has 2 aliphatic heterocycles. The third-order valence-electron chi connectivity index (χ3n) is 3.11. The smallest absolute Gasteiger partial charge is 0.0615 e. The number of hydrogen-bond acceptors (Lipinski definition) is 2. The fourth-order valence-corrected chi connectivity index (χ4v) is 2.48. The molecule has 0 aromatic heterocycles. The van der Waals surface area contributed by atoms with Crippen molar-refractivity contribution >= 4 is 0 Å². The highest BCUT2D eigenvalue weighted by Crippen LogP contribution is 2.37. The van der Waals surface area contributed by atoms with Gasteiger partial charge in [-0.1, -0.05) is 7.43 Å². The first kappa shape index (κ1) is 9.01. The topological polar surface area (TPSA) is 23.5 Å². The highest BCUT2D eigenvalue weighted by molar-refractivity contribution is 4.99. The summed E-state index contributed by atoms with van der Waals surface area (Å²) in [7, 11) is 0. The summed E-state index contributed by atoms with van der Waals surface area (Å²) in [5, 5.41) is 9.19. The van der Waals surface area contributed by atoms with Crippen molar-refractivity contribution in [3.8, 4) is 0 Å². The van der Waals surface area contributed by atoms with E-state index in [-0.39, 0.29) is 13.0 Å². The molecule has 0 atom stereocenters. The first-order valence-electron chi connectivity index (χ1n) is 4.23. The summed E-state index contributed by atoms with van der Waals surface area (Å²) < 4.78 is 0. The SMILES string of the molecule is C.OCC12CCCN1CCC2. The van der Waals surface area contributed by atoms with Crippen LogP contribution in [0.2, 0.25) is 0 Å². The average Bonchev–Trinajstić information content (AvgIpc) is 2.42. The minimum Gasteiger partial charge on any atom is -0.394 e. The van der Waals surface area contributed by atoms with Gasteiger partial charge in [0.15, 0.2) is 0 Å². The van der Waals surface area contributed by atoms with Crippen molar-refractivity contribution in [2.75, 3.05) is 19.7 Å². The molecule has 0 saturated carbocycles. The molecule has 2 heteroatoms. The highest BCUT2D eigenvalue weighted by Gasteiger charge is 2.43. The summed E-state index contributed by atoms with van der Waals surface area (Å²) in [6.07, 6.45) is 5.04. The summed E-state index contributed by atoms with van der Waals surface area (Å²) in [6, 6.07) is 0. The van der Waals surface area contributed by atoms with Crippen LogP contribution in [-0.4, -0.2) is 35.2 Å². The van der Waals surface area contributed by atoms with E-state index in [4.69, 9.17) is 0 Å². The molecule has 0 aliphatic carbocycles. The summed E-state index contributed by atoms with van der Waals surface area (Å²) in [6.45, 7) is 2.83. The van der Waals surface area contributed by atoms with E-state index in [9.17, 15) is 5.11 Å². The van der Waals surface area contributed by atoms with Crippen LogP contribution in [0.5, 0.6) is 0 Å². The molecule has 66 valence electrons. The van der Waals surface area contributed by atoms with Gasteiger partial charge in [0, 0.05) is 5.54 Å². The van der Waals surface area contributed by atoms with Gasteiger partial charge in [-0.15, -0.1) is 0 Å². The molecule has 2 rings (SSSR count). The maximum atomic E-state index is 9.19. The summed E-state index contributed by atoms with van der Waals surface area (Å²) in [5.74, 6) is 0. The predicted molar refractivity (Wildman–Crippen MR) is 46.6 cm³/mol. The van der Waals surface area contributed by atoms with E-state index in [1.165, 1.54) is 38.8 Å². The Bertz CT molecular complexity index is 126. The fourth-order valence-electron chi connectivity index (χ4n) is 2.48. The van der Waals surface area contributed by atoms with Crippen molar-refractivity contribution in [3.05, 3.63) is 0 Å². The standard InChI is InChI=1S/C8H15NO.CH4/c10-7-8-3-1-5-9(8)6-2-4-8;/h10H,1-7H2;1H4. The number of fused-ring (bicyclic) bond motifs is 1. The lowest BCUT2D eigenvalue weighted by molar-refractivity contribution is 0.0999. The molecule has 2 nitrogen and oxygen atoms in total. The second kappa shape index (κ2) is 3.11. The monoisotopic (exact) mass is 157 g/mol. The van der Waals surface area contributed by atoms with Crippen molar-refractivity contribution in [2.45, 2.75) is 38.6 Å². The Labute approximate surface area is 69.2 Å². The maximum Gasteiger partial charge on any atom is 0.0615 e. The molecular weight excluding hydrogens is 138 g/mol. The molecule has 2 aliphatic rings. The molecular formula is C9H19NO. The second-order valence-electron chi connectivity index (χ2n) is 3.58. The third kappa shape index (κ3) is 1.18. The Kier molecular flexibility index (Phi) is 2.55. The molecule has 0 aromatic rings. The van der Waals surface area contributed by atoms with Crippen LogP contribution in [0.15, 0.2) is 0 Å². The summed E-state index contributed by atoms with van der Waals surface area (Å²) in [5.41, 5.74) is 0.236. The minimum atomic E-state index is 0. The van der Waals surface area contributed by atoms with Gasteiger partial charge < -0.3 is 5.11 Å². The zero-order valence-corrected chi connectivity index (χ0v) is 6.34. The van der Waals surface area contributed by atoms with Gasteiger partial charge in [0.1, 0.15) is 0 Å². The quantitative estimate of drug-likeness (QED) is 0.619. The fraction of sp³-hybridized carbons (Fsp3) is 1.00. The molecule has 11 heavy (non-hydrogen) atoms. The van der Waals surface area contributed by atoms with Crippen LogP contribution in [0.1, 0.15) is 33.1 Å². The Balaban J connectivity index is 0.000000605. The van der Waals surface area contributed by atoms with Crippen LogP contribution in [0.25, 0.3) is 0 Å². The minimum absolute atomic E-state index is 0. The number of aliphatic hydroxyl groups excluding tert-OH is 1. The van der Waals surface area contributed by atoms with Gasteiger partial charge in [-0.2, -0.15) is 0 Å². The lowest BCUT2D eigenvalue weighted by atomic mass is 9.96. The van der Waals surface area contributed by atoms with Crippen LogP contribution in [0.4, 0.5) is 0 Å². The number of aliphatic hydroxyl groups is 1. The number of nitrogens with zero attached hydrogens (tertiary/aromatic N) is 1. The zero-order chi connectivity index (χ0) is 7.03. The Hall–Kier alpha value is -0.0800. The third-order valence-corrected chi connectivity index (χ3v) is 3.11. The van der Waals surface area contributed by atoms with Gasteiger partial charge in [-0.25, -0.2) is 0 Å². The molecule has 0 aromatic carbocycles. The zero-order valence-electron chi connectivity index (χ0n) is 6.34. The number of rotatable bonds is 1. The van der Waals surface area contributed by atoms with E-state index in [1.54, 1.807) is 0 Å². The largest absolute Gasteiger partial charge is 0.394 e. The van der Waals surface area contributed by atoms with Gasteiger partial charge in [0.2, 0.25) is 0 Å². The van der Waals surface area contributed by atoms with Crippen LogP contribution >= 0.6 is 0 Å².